The van der Waals surface area contributed by atoms with Gasteiger partial charge in [-0.15, -0.1) is 0 Å². The standard InChI is InChI=1S/C21H26F3N7O/c1-12(2)31-17-16(27-19(31)21(22,23)24)18(32)30(10-13-6-3-4-8-15(13)26)20(28-17)29-9-5-7-14(25)11-29/h3-4,6,8,12,14H,5,7,9-11,25-26H2,1-2H3/t14-/m1/s1. The van der Waals surface area contributed by atoms with E-state index in [1.54, 1.807) is 38.1 Å². The van der Waals surface area contributed by atoms with Crippen LogP contribution in [-0.2, 0) is 12.7 Å². The van der Waals surface area contributed by atoms with Gasteiger partial charge in [0, 0.05) is 30.9 Å². The Labute approximate surface area is 182 Å². The van der Waals surface area contributed by atoms with Crippen LogP contribution in [0, 0.1) is 0 Å². The van der Waals surface area contributed by atoms with Crippen molar-refractivity contribution in [3.8, 4) is 0 Å². The van der Waals surface area contributed by atoms with Gasteiger partial charge >= 0.3 is 6.18 Å². The Kier molecular flexibility index (Phi) is 5.61. The van der Waals surface area contributed by atoms with Gasteiger partial charge in [0.2, 0.25) is 11.8 Å². The minimum Gasteiger partial charge on any atom is -0.398 e. The monoisotopic (exact) mass is 449 g/mol. The van der Waals surface area contributed by atoms with Gasteiger partial charge in [-0.2, -0.15) is 18.2 Å². The van der Waals surface area contributed by atoms with Crippen LogP contribution < -0.4 is 21.9 Å². The van der Waals surface area contributed by atoms with Crippen LogP contribution in [0.5, 0.6) is 0 Å². The van der Waals surface area contributed by atoms with Crippen LogP contribution in [0.1, 0.15) is 44.1 Å². The molecule has 0 unspecified atom stereocenters. The minimum atomic E-state index is -4.72. The van der Waals surface area contributed by atoms with Gasteiger partial charge in [0.05, 0.1) is 6.54 Å². The van der Waals surface area contributed by atoms with E-state index in [2.05, 4.69) is 9.97 Å². The summed E-state index contributed by atoms with van der Waals surface area (Å²) in [6, 6.07) is 6.32. The molecule has 0 aliphatic carbocycles. The predicted molar refractivity (Wildman–Crippen MR) is 117 cm³/mol. The highest BCUT2D eigenvalue weighted by atomic mass is 19.4. The molecule has 2 aromatic heterocycles. The lowest BCUT2D eigenvalue weighted by molar-refractivity contribution is -0.147. The van der Waals surface area contributed by atoms with Gasteiger partial charge in [0.25, 0.3) is 5.56 Å². The van der Waals surface area contributed by atoms with Gasteiger partial charge in [-0.25, -0.2) is 4.98 Å². The predicted octanol–water partition coefficient (Wildman–Crippen LogP) is 2.75. The Morgan fingerprint density at radius 1 is 1.22 bits per heavy atom. The third kappa shape index (κ3) is 3.92. The number of fused-ring (bicyclic) bond motifs is 1. The smallest absolute Gasteiger partial charge is 0.398 e. The molecule has 11 heteroatoms. The fourth-order valence-corrected chi connectivity index (χ4v) is 4.16. The van der Waals surface area contributed by atoms with Gasteiger partial charge in [-0.05, 0) is 38.3 Å². The highest BCUT2D eigenvalue weighted by molar-refractivity contribution is 5.73. The average molecular weight is 449 g/mol. The summed E-state index contributed by atoms with van der Waals surface area (Å²) in [6.07, 6.45) is -3.10. The van der Waals surface area contributed by atoms with E-state index in [1.807, 2.05) is 4.90 Å². The molecule has 1 aliphatic heterocycles. The first-order valence-corrected chi connectivity index (χ1v) is 10.5. The molecule has 1 fully saturated rings. The van der Waals surface area contributed by atoms with Gasteiger partial charge in [0.1, 0.15) is 0 Å². The van der Waals surface area contributed by atoms with Crippen LogP contribution in [0.4, 0.5) is 24.8 Å². The number of alkyl halides is 3. The molecule has 3 heterocycles. The summed E-state index contributed by atoms with van der Waals surface area (Å²) in [5.74, 6) is -0.859. The second-order valence-corrected chi connectivity index (χ2v) is 8.42. The van der Waals surface area contributed by atoms with Crippen LogP contribution in [-0.4, -0.2) is 38.2 Å². The summed E-state index contributed by atoms with van der Waals surface area (Å²) in [5.41, 5.74) is 12.3. The normalized spacial score (nSPS) is 17.5. The number of hydrogen-bond acceptors (Lipinski definition) is 6. The Morgan fingerprint density at radius 3 is 2.56 bits per heavy atom. The summed E-state index contributed by atoms with van der Waals surface area (Å²) in [7, 11) is 0. The quantitative estimate of drug-likeness (QED) is 0.593. The minimum absolute atomic E-state index is 0.0609. The van der Waals surface area contributed by atoms with E-state index in [-0.39, 0.29) is 29.7 Å². The second-order valence-electron chi connectivity index (χ2n) is 8.42. The largest absolute Gasteiger partial charge is 0.449 e. The summed E-state index contributed by atoms with van der Waals surface area (Å²) >= 11 is 0. The van der Waals surface area contributed by atoms with E-state index in [0.29, 0.717) is 24.3 Å². The molecule has 0 spiro atoms. The number of anilines is 2. The number of nitrogen functional groups attached to an aromatic ring is 1. The van der Waals surface area contributed by atoms with Gasteiger partial charge < -0.3 is 20.9 Å². The van der Waals surface area contributed by atoms with Crippen LogP contribution in [0.15, 0.2) is 29.1 Å². The number of benzene rings is 1. The number of rotatable bonds is 4. The van der Waals surface area contributed by atoms with Crippen LogP contribution in [0.25, 0.3) is 11.2 Å². The number of nitrogens with two attached hydrogens (primary N) is 2. The van der Waals surface area contributed by atoms with E-state index >= 15 is 0 Å². The summed E-state index contributed by atoms with van der Waals surface area (Å²) in [4.78, 5) is 23.6. The SMILES string of the molecule is CC(C)n1c(C(F)(F)F)nc2c(=O)n(Cc3ccccc3N)c(N3CCC[C@@H](N)C3)nc21. The van der Waals surface area contributed by atoms with Gasteiger partial charge in [-0.1, -0.05) is 18.2 Å². The molecule has 0 bridgehead atoms. The number of hydrogen-bond donors (Lipinski definition) is 2. The fourth-order valence-electron chi connectivity index (χ4n) is 4.16. The number of piperidine rings is 1. The Bertz CT molecular complexity index is 1200. The molecule has 0 radical (unpaired) electrons. The molecule has 4 rings (SSSR count). The van der Waals surface area contributed by atoms with Crippen molar-refractivity contribution in [1.29, 1.82) is 0 Å². The zero-order valence-electron chi connectivity index (χ0n) is 17.9. The highest BCUT2D eigenvalue weighted by Gasteiger charge is 2.40. The second kappa shape index (κ2) is 8.12. The van der Waals surface area contributed by atoms with E-state index in [9.17, 15) is 18.0 Å². The molecule has 172 valence electrons. The first kappa shape index (κ1) is 22.1. The molecule has 1 saturated heterocycles. The van der Waals surface area contributed by atoms with Crippen molar-refractivity contribution in [1.82, 2.24) is 19.1 Å². The molecular formula is C21H26F3N7O. The highest BCUT2D eigenvalue weighted by Crippen LogP contribution is 2.33. The van der Waals surface area contributed by atoms with Gasteiger partial charge in [-0.3, -0.25) is 9.36 Å². The van der Waals surface area contributed by atoms with Crippen molar-refractivity contribution >= 4 is 22.8 Å². The van der Waals surface area contributed by atoms with E-state index in [0.717, 1.165) is 17.4 Å². The summed E-state index contributed by atoms with van der Waals surface area (Å²) in [6.45, 7) is 4.31. The first-order valence-electron chi connectivity index (χ1n) is 10.5. The van der Waals surface area contributed by atoms with Crippen LogP contribution in [0.2, 0.25) is 0 Å². The van der Waals surface area contributed by atoms with Crippen molar-refractivity contribution in [3.05, 3.63) is 46.0 Å². The van der Waals surface area contributed by atoms with Gasteiger partial charge in [0.15, 0.2) is 11.2 Å². The molecule has 4 N–H and O–H groups in total. The van der Waals surface area contributed by atoms with Crippen molar-refractivity contribution in [2.24, 2.45) is 5.73 Å². The zero-order chi connectivity index (χ0) is 23.2. The lowest BCUT2D eigenvalue weighted by Gasteiger charge is -2.33. The molecule has 0 amide bonds. The zero-order valence-corrected chi connectivity index (χ0v) is 17.9. The van der Waals surface area contributed by atoms with E-state index < -0.39 is 23.6 Å². The molecule has 8 nitrogen and oxygen atoms in total. The Hall–Kier alpha value is -3.08. The first-order chi connectivity index (χ1) is 15.1. The van der Waals surface area contributed by atoms with Crippen molar-refractivity contribution in [2.45, 2.75) is 51.5 Å². The number of nitrogens with zero attached hydrogens (tertiary/aromatic N) is 5. The van der Waals surface area contributed by atoms with Crippen molar-refractivity contribution < 1.29 is 13.2 Å². The number of imidazole rings is 1. The van der Waals surface area contributed by atoms with Crippen molar-refractivity contribution in [3.63, 3.8) is 0 Å². The summed E-state index contributed by atoms with van der Waals surface area (Å²) < 4.78 is 43.5. The Balaban J connectivity index is 1.99. The third-order valence-corrected chi connectivity index (χ3v) is 5.68. The molecule has 1 aromatic carbocycles. The third-order valence-electron chi connectivity index (χ3n) is 5.68. The molecular weight excluding hydrogens is 423 g/mol. The maximum atomic E-state index is 13.7. The number of para-hydroxylation sites is 1. The molecule has 3 aromatic rings. The maximum absolute atomic E-state index is 13.7. The molecule has 32 heavy (non-hydrogen) atoms. The fraction of sp³-hybridized carbons (Fsp3) is 0.476. The maximum Gasteiger partial charge on any atom is 0.449 e. The number of aromatic nitrogens is 4. The topological polar surface area (TPSA) is 108 Å². The van der Waals surface area contributed by atoms with Crippen molar-refractivity contribution in [2.75, 3.05) is 23.7 Å². The Morgan fingerprint density at radius 2 is 1.94 bits per heavy atom. The molecule has 1 atom stereocenters. The number of halogens is 3. The average Bonchev–Trinajstić information content (AvgIpc) is 3.12. The lowest BCUT2D eigenvalue weighted by atomic mass is 10.1. The van der Waals surface area contributed by atoms with E-state index in [1.165, 1.54) is 4.57 Å². The molecule has 1 aliphatic rings. The van der Waals surface area contributed by atoms with E-state index in [4.69, 9.17) is 11.5 Å². The lowest BCUT2D eigenvalue weighted by Crippen LogP contribution is -2.45. The van der Waals surface area contributed by atoms with Crippen LogP contribution in [0.3, 0.4) is 0 Å². The molecule has 0 saturated carbocycles. The van der Waals surface area contributed by atoms with Crippen LogP contribution >= 0.6 is 0 Å². The summed E-state index contributed by atoms with van der Waals surface area (Å²) in [5, 5.41) is 0.